The normalized spacial score (nSPS) is 13.2. The van der Waals surface area contributed by atoms with Gasteiger partial charge in [-0.2, -0.15) is 0 Å². The summed E-state index contributed by atoms with van der Waals surface area (Å²) >= 11 is 0. The second-order valence-corrected chi connectivity index (χ2v) is 17.0. The molecule has 1 aliphatic carbocycles. The van der Waals surface area contributed by atoms with Crippen LogP contribution in [0, 0.1) is 0 Å². The number of fused-ring (bicyclic) bond motifs is 8. The maximum atomic E-state index is 2.47. The van der Waals surface area contributed by atoms with Gasteiger partial charge in [0, 0.05) is 22.5 Å². The first-order chi connectivity index (χ1) is 27.2. The highest BCUT2D eigenvalue weighted by atomic mass is 15.1. The summed E-state index contributed by atoms with van der Waals surface area (Å²) in [6, 6.07) is 67.7. The van der Waals surface area contributed by atoms with Crippen molar-refractivity contribution in [3.8, 4) is 33.4 Å². The van der Waals surface area contributed by atoms with Gasteiger partial charge in [-0.3, -0.25) is 0 Å². The molecule has 270 valence electrons. The van der Waals surface area contributed by atoms with Crippen LogP contribution < -0.4 is 4.90 Å². The lowest BCUT2D eigenvalue weighted by atomic mass is 9.81. The quantitative estimate of drug-likeness (QED) is 0.160. The Hall–Kier alpha value is -6.44. The van der Waals surface area contributed by atoms with E-state index in [2.05, 4.69) is 222 Å². The van der Waals surface area contributed by atoms with E-state index in [4.69, 9.17) is 0 Å². The SMILES string of the molecule is CC(C)(C)c1ccc(N(c2ccccc2)c2ccc3c(c2)C(C)(C)c2cc(-c4cc5cc(-c6ccccc6)c6ccccc6c5c5ccccc45)ccc2-3)cc1. The number of benzene rings is 9. The number of hydrogen-bond acceptors (Lipinski definition) is 1. The topological polar surface area (TPSA) is 3.24 Å². The zero-order valence-corrected chi connectivity index (χ0v) is 32.8. The highest BCUT2D eigenvalue weighted by molar-refractivity contribution is 6.25. The molecule has 9 aromatic carbocycles. The molecule has 0 aromatic heterocycles. The fourth-order valence-corrected chi connectivity index (χ4v) is 9.24. The van der Waals surface area contributed by atoms with E-state index in [1.807, 2.05) is 0 Å². The second kappa shape index (κ2) is 12.8. The monoisotopic (exact) mass is 719 g/mol. The summed E-state index contributed by atoms with van der Waals surface area (Å²) in [7, 11) is 0. The van der Waals surface area contributed by atoms with E-state index in [1.54, 1.807) is 0 Å². The number of nitrogens with zero attached hydrogens (tertiary/aromatic N) is 1. The molecule has 56 heavy (non-hydrogen) atoms. The zero-order valence-electron chi connectivity index (χ0n) is 32.8. The van der Waals surface area contributed by atoms with Gasteiger partial charge in [-0.15, -0.1) is 0 Å². The molecule has 0 saturated carbocycles. The molecule has 0 spiro atoms. The largest absolute Gasteiger partial charge is 0.310 e. The van der Waals surface area contributed by atoms with Crippen LogP contribution in [0.1, 0.15) is 51.3 Å². The van der Waals surface area contributed by atoms with Crippen molar-refractivity contribution >= 4 is 49.4 Å². The highest BCUT2D eigenvalue weighted by Crippen LogP contribution is 2.52. The minimum absolute atomic E-state index is 0.0942. The molecular weight excluding hydrogens is 675 g/mol. The first-order valence-corrected chi connectivity index (χ1v) is 19.8. The molecule has 0 atom stereocenters. The van der Waals surface area contributed by atoms with Crippen molar-refractivity contribution in [1.29, 1.82) is 0 Å². The molecule has 0 heterocycles. The lowest BCUT2D eigenvalue weighted by Crippen LogP contribution is -2.17. The summed E-state index contributed by atoms with van der Waals surface area (Å²) in [5.41, 5.74) is 15.1. The van der Waals surface area contributed by atoms with E-state index >= 15 is 0 Å². The van der Waals surface area contributed by atoms with Crippen LogP contribution in [0.3, 0.4) is 0 Å². The van der Waals surface area contributed by atoms with Gasteiger partial charge < -0.3 is 4.90 Å². The molecule has 0 aliphatic heterocycles. The Balaban J connectivity index is 1.11. The molecule has 0 unspecified atom stereocenters. The fourth-order valence-electron chi connectivity index (χ4n) is 9.24. The van der Waals surface area contributed by atoms with E-state index in [-0.39, 0.29) is 10.8 Å². The lowest BCUT2D eigenvalue weighted by Gasteiger charge is -2.29. The van der Waals surface area contributed by atoms with Crippen LogP contribution in [0.25, 0.3) is 65.7 Å². The third-order valence-corrected chi connectivity index (χ3v) is 12.2. The van der Waals surface area contributed by atoms with E-state index in [0.29, 0.717) is 0 Å². The highest BCUT2D eigenvalue weighted by Gasteiger charge is 2.36. The molecule has 0 radical (unpaired) electrons. The molecule has 0 N–H and O–H groups in total. The molecule has 0 saturated heterocycles. The molecule has 9 aromatic rings. The van der Waals surface area contributed by atoms with E-state index < -0.39 is 0 Å². The molecular formula is C55H45N. The maximum absolute atomic E-state index is 2.47. The van der Waals surface area contributed by atoms with Crippen LogP contribution in [0.15, 0.2) is 182 Å². The summed E-state index contributed by atoms with van der Waals surface area (Å²) in [6.07, 6.45) is 0. The smallest absolute Gasteiger partial charge is 0.0465 e. The number of para-hydroxylation sites is 1. The Labute approximate surface area is 330 Å². The predicted molar refractivity (Wildman–Crippen MR) is 241 cm³/mol. The van der Waals surface area contributed by atoms with Crippen molar-refractivity contribution in [2.45, 2.75) is 45.4 Å². The van der Waals surface area contributed by atoms with Gasteiger partial charge >= 0.3 is 0 Å². The first-order valence-electron chi connectivity index (χ1n) is 19.8. The van der Waals surface area contributed by atoms with Gasteiger partial charge in [0.1, 0.15) is 0 Å². The fraction of sp³-hybridized carbons (Fsp3) is 0.127. The number of hydrogen-bond donors (Lipinski definition) is 0. The molecule has 10 rings (SSSR count). The predicted octanol–water partition coefficient (Wildman–Crippen LogP) is 15.6. The van der Waals surface area contributed by atoms with Gasteiger partial charge in [0.25, 0.3) is 0 Å². The number of rotatable bonds is 5. The van der Waals surface area contributed by atoms with Gasteiger partial charge in [0.05, 0.1) is 0 Å². The minimum atomic E-state index is -0.196. The Morgan fingerprint density at radius 3 is 1.48 bits per heavy atom. The molecule has 0 amide bonds. The number of anilines is 3. The average Bonchev–Trinajstić information content (AvgIpc) is 3.45. The maximum Gasteiger partial charge on any atom is 0.0465 e. The van der Waals surface area contributed by atoms with Crippen molar-refractivity contribution in [2.24, 2.45) is 0 Å². The molecule has 1 heteroatoms. The lowest BCUT2D eigenvalue weighted by molar-refractivity contribution is 0.590. The van der Waals surface area contributed by atoms with Crippen molar-refractivity contribution in [1.82, 2.24) is 0 Å². The van der Waals surface area contributed by atoms with Crippen molar-refractivity contribution in [3.63, 3.8) is 0 Å². The van der Waals surface area contributed by atoms with Crippen LogP contribution in [-0.4, -0.2) is 0 Å². The Bertz CT molecular complexity index is 2950. The van der Waals surface area contributed by atoms with E-state index in [9.17, 15) is 0 Å². The second-order valence-electron chi connectivity index (χ2n) is 17.0. The minimum Gasteiger partial charge on any atom is -0.310 e. The van der Waals surface area contributed by atoms with Crippen LogP contribution in [0.5, 0.6) is 0 Å². The van der Waals surface area contributed by atoms with Crippen molar-refractivity contribution < 1.29 is 0 Å². The Morgan fingerprint density at radius 1 is 0.393 bits per heavy atom. The summed E-state index contributed by atoms with van der Waals surface area (Å²) in [5.74, 6) is 0. The molecule has 1 aliphatic rings. The van der Waals surface area contributed by atoms with Gasteiger partial charge in [0.2, 0.25) is 0 Å². The molecule has 1 nitrogen and oxygen atoms in total. The summed E-state index contributed by atoms with van der Waals surface area (Å²) in [6.45, 7) is 11.6. The van der Waals surface area contributed by atoms with Crippen LogP contribution >= 0.6 is 0 Å². The first kappa shape index (κ1) is 34.1. The van der Waals surface area contributed by atoms with Gasteiger partial charge in [-0.25, -0.2) is 0 Å². The summed E-state index contributed by atoms with van der Waals surface area (Å²) < 4.78 is 0. The van der Waals surface area contributed by atoms with Crippen molar-refractivity contribution in [3.05, 3.63) is 199 Å². The zero-order chi connectivity index (χ0) is 38.2. The third kappa shape index (κ3) is 5.45. The summed E-state index contributed by atoms with van der Waals surface area (Å²) in [5, 5.41) is 7.73. The van der Waals surface area contributed by atoms with Gasteiger partial charge in [0.15, 0.2) is 0 Å². The Morgan fingerprint density at radius 2 is 0.875 bits per heavy atom. The average molecular weight is 720 g/mol. The van der Waals surface area contributed by atoms with Gasteiger partial charge in [-0.05, 0) is 142 Å². The van der Waals surface area contributed by atoms with E-state index in [0.717, 1.165) is 11.4 Å². The van der Waals surface area contributed by atoms with Crippen LogP contribution in [0.2, 0.25) is 0 Å². The van der Waals surface area contributed by atoms with E-state index in [1.165, 1.54) is 88.1 Å². The van der Waals surface area contributed by atoms with Crippen LogP contribution in [-0.2, 0) is 10.8 Å². The van der Waals surface area contributed by atoms with Crippen molar-refractivity contribution in [2.75, 3.05) is 4.90 Å². The molecule has 0 bridgehead atoms. The standard InChI is InChI=1S/C55H45N/c1-54(2,3)39-25-27-41(28-26-39)56(40-18-10-7-11-19-40)42-29-31-46-45-30-24-37(34-51(45)55(4,5)52(46)35-42)50-33-38-32-49(36-16-8-6-9-17-36)43-20-12-14-22-47(43)53(38)48-23-15-13-21-44(48)50/h6-35H,1-5H3. The Kier molecular flexibility index (Phi) is 7.80. The molecule has 0 fully saturated rings. The van der Waals surface area contributed by atoms with Crippen LogP contribution in [0.4, 0.5) is 17.1 Å². The summed E-state index contributed by atoms with van der Waals surface area (Å²) in [4.78, 5) is 2.39. The third-order valence-electron chi connectivity index (χ3n) is 12.2. The van der Waals surface area contributed by atoms with Gasteiger partial charge in [-0.1, -0.05) is 162 Å².